The van der Waals surface area contributed by atoms with Crippen molar-refractivity contribution in [3.63, 3.8) is 0 Å². The predicted molar refractivity (Wildman–Crippen MR) is 128 cm³/mol. The number of hydrogen-bond acceptors (Lipinski definition) is 6. The molecule has 0 fully saturated rings. The quantitative estimate of drug-likeness (QED) is 0.353. The van der Waals surface area contributed by atoms with Crippen molar-refractivity contribution in [2.45, 2.75) is 19.1 Å². The lowest BCUT2D eigenvalue weighted by Gasteiger charge is -2.16. The van der Waals surface area contributed by atoms with Crippen LogP contribution in [0.5, 0.6) is 5.75 Å². The summed E-state index contributed by atoms with van der Waals surface area (Å²) in [7, 11) is 0. The molecular weight excluding hydrogens is 416 g/mol. The molecule has 0 aliphatic heterocycles. The zero-order valence-electron chi connectivity index (χ0n) is 17.9. The van der Waals surface area contributed by atoms with Crippen LogP contribution in [0, 0.1) is 0 Å². The van der Waals surface area contributed by atoms with Crippen LogP contribution in [-0.4, -0.2) is 27.1 Å². The zero-order valence-corrected chi connectivity index (χ0v) is 17.9. The van der Waals surface area contributed by atoms with Gasteiger partial charge in [-0.15, -0.1) is 0 Å². The Morgan fingerprint density at radius 1 is 0.909 bits per heavy atom. The van der Waals surface area contributed by atoms with E-state index >= 15 is 0 Å². The summed E-state index contributed by atoms with van der Waals surface area (Å²) < 4.78 is 5.83. The zero-order chi connectivity index (χ0) is 23.0. The summed E-state index contributed by atoms with van der Waals surface area (Å²) in [4.78, 5) is 20.3. The lowest BCUT2D eigenvalue weighted by molar-refractivity contribution is -0.137. The van der Waals surface area contributed by atoms with Crippen molar-refractivity contribution in [2.24, 2.45) is 0 Å². The number of benzene rings is 3. The third-order valence-corrected chi connectivity index (χ3v) is 5.04. The van der Waals surface area contributed by atoms with Gasteiger partial charge >= 0.3 is 5.97 Å². The van der Waals surface area contributed by atoms with E-state index in [0.29, 0.717) is 24.5 Å². The van der Waals surface area contributed by atoms with Crippen molar-refractivity contribution < 1.29 is 14.6 Å². The predicted octanol–water partition coefficient (Wildman–Crippen LogP) is 4.41. The van der Waals surface area contributed by atoms with E-state index in [1.54, 1.807) is 6.07 Å². The van der Waals surface area contributed by atoms with E-state index in [9.17, 15) is 9.90 Å². The summed E-state index contributed by atoms with van der Waals surface area (Å²) in [5.74, 6) is 0.169. The molecule has 1 aromatic heterocycles. The van der Waals surface area contributed by atoms with Crippen LogP contribution >= 0.6 is 0 Å². The van der Waals surface area contributed by atoms with Crippen LogP contribution in [0.15, 0.2) is 91.0 Å². The van der Waals surface area contributed by atoms with E-state index < -0.39 is 12.0 Å². The molecule has 0 amide bonds. The van der Waals surface area contributed by atoms with Gasteiger partial charge in [0.2, 0.25) is 5.95 Å². The maximum Gasteiger partial charge on any atom is 0.326 e. The number of nitrogens with zero attached hydrogens (tertiary/aromatic N) is 2. The van der Waals surface area contributed by atoms with Gasteiger partial charge in [-0.2, -0.15) is 4.98 Å². The van der Waals surface area contributed by atoms with Gasteiger partial charge in [-0.25, -0.2) is 9.78 Å². The minimum Gasteiger partial charge on any atom is -0.489 e. The molecule has 4 aromatic rings. The van der Waals surface area contributed by atoms with Crippen LogP contribution in [0.25, 0.3) is 11.3 Å². The number of carbonyl (C=O) groups is 1. The van der Waals surface area contributed by atoms with Crippen LogP contribution in [0.2, 0.25) is 0 Å². The van der Waals surface area contributed by atoms with Crippen LogP contribution in [0.4, 0.5) is 11.8 Å². The Kier molecular flexibility index (Phi) is 6.80. The second-order valence-corrected chi connectivity index (χ2v) is 7.52. The number of aromatic nitrogens is 2. The topological polar surface area (TPSA) is 110 Å². The van der Waals surface area contributed by atoms with Gasteiger partial charge in [0.05, 0.1) is 5.69 Å². The summed E-state index contributed by atoms with van der Waals surface area (Å²) in [6.45, 7) is 0.479. The summed E-state index contributed by atoms with van der Waals surface area (Å²) in [5, 5.41) is 12.6. The fraction of sp³-hybridized carbons (Fsp3) is 0.115. The fourth-order valence-corrected chi connectivity index (χ4v) is 3.38. The van der Waals surface area contributed by atoms with Crippen molar-refractivity contribution in [1.29, 1.82) is 0 Å². The third-order valence-electron chi connectivity index (χ3n) is 5.04. The first-order valence-electron chi connectivity index (χ1n) is 10.5. The fourth-order valence-electron chi connectivity index (χ4n) is 3.38. The van der Waals surface area contributed by atoms with Gasteiger partial charge in [-0.3, -0.25) is 0 Å². The molecular formula is C26H24N4O3. The lowest BCUT2D eigenvalue weighted by Crippen LogP contribution is -2.32. The van der Waals surface area contributed by atoms with Crippen molar-refractivity contribution in [2.75, 3.05) is 11.1 Å². The largest absolute Gasteiger partial charge is 0.489 e. The first kappa shape index (κ1) is 21.8. The Morgan fingerprint density at radius 2 is 1.55 bits per heavy atom. The van der Waals surface area contributed by atoms with Gasteiger partial charge in [0, 0.05) is 18.1 Å². The van der Waals surface area contributed by atoms with Gasteiger partial charge in [-0.05, 0) is 35.4 Å². The number of carboxylic acid groups (broad SMARTS) is 1. The van der Waals surface area contributed by atoms with Crippen LogP contribution < -0.4 is 15.8 Å². The molecule has 0 aliphatic carbocycles. The molecule has 166 valence electrons. The van der Waals surface area contributed by atoms with Crippen molar-refractivity contribution in [3.8, 4) is 17.0 Å². The molecule has 0 saturated heterocycles. The molecule has 1 heterocycles. The number of rotatable bonds is 9. The van der Waals surface area contributed by atoms with Crippen LogP contribution in [0.3, 0.4) is 0 Å². The molecule has 0 radical (unpaired) electrons. The van der Waals surface area contributed by atoms with E-state index in [1.165, 1.54) is 0 Å². The highest BCUT2D eigenvalue weighted by Gasteiger charge is 2.19. The second kappa shape index (κ2) is 10.3. The summed E-state index contributed by atoms with van der Waals surface area (Å²) in [6, 6.07) is 27.7. The Hall–Kier alpha value is -4.39. The van der Waals surface area contributed by atoms with Gasteiger partial charge in [-0.1, -0.05) is 60.7 Å². The van der Waals surface area contributed by atoms with Gasteiger partial charge in [0.25, 0.3) is 0 Å². The molecule has 1 atom stereocenters. The van der Waals surface area contributed by atoms with E-state index in [2.05, 4.69) is 15.3 Å². The standard InChI is InChI=1S/C26H24N4O3/c27-26-29-22(20-11-13-21(14-12-20)33-17-19-9-5-2-6-10-19)16-24(30-26)28-23(25(31)32)15-18-7-3-1-4-8-18/h1-14,16,23H,15,17H2,(H,31,32)(H3,27,28,29,30). The maximum atomic E-state index is 11.8. The minimum absolute atomic E-state index is 0.0586. The third kappa shape index (κ3) is 6.07. The summed E-state index contributed by atoms with van der Waals surface area (Å²) in [5.41, 5.74) is 9.30. The monoisotopic (exact) mass is 440 g/mol. The number of aliphatic carboxylic acids is 1. The van der Waals surface area contributed by atoms with Crippen LogP contribution in [0.1, 0.15) is 11.1 Å². The molecule has 0 saturated carbocycles. The average molecular weight is 441 g/mol. The average Bonchev–Trinajstić information content (AvgIpc) is 2.83. The van der Waals surface area contributed by atoms with E-state index in [0.717, 1.165) is 22.4 Å². The number of carboxylic acids is 1. The molecule has 7 heteroatoms. The van der Waals surface area contributed by atoms with E-state index in [-0.39, 0.29) is 5.95 Å². The molecule has 33 heavy (non-hydrogen) atoms. The van der Waals surface area contributed by atoms with Crippen molar-refractivity contribution in [1.82, 2.24) is 9.97 Å². The Labute approximate surface area is 191 Å². The van der Waals surface area contributed by atoms with Gasteiger partial charge in [0.15, 0.2) is 0 Å². The summed E-state index contributed by atoms with van der Waals surface area (Å²) >= 11 is 0. The number of nitrogens with one attached hydrogen (secondary N) is 1. The second-order valence-electron chi connectivity index (χ2n) is 7.52. The first-order valence-corrected chi connectivity index (χ1v) is 10.5. The highest BCUT2D eigenvalue weighted by atomic mass is 16.5. The number of anilines is 2. The van der Waals surface area contributed by atoms with Crippen LogP contribution in [-0.2, 0) is 17.8 Å². The van der Waals surface area contributed by atoms with Gasteiger partial charge in [0.1, 0.15) is 24.2 Å². The normalized spacial score (nSPS) is 11.5. The number of nitrogens with two attached hydrogens (primary N) is 1. The van der Waals surface area contributed by atoms with Gasteiger partial charge < -0.3 is 20.9 Å². The highest BCUT2D eigenvalue weighted by molar-refractivity contribution is 5.78. The molecule has 0 spiro atoms. The molecule has 4 N–H and O–H groups in total. The maximum absolute atomic E-state index is 11.8. The van der Waals surface area contributed by atoms with Crippen molar-refractivity contribution >= 4 is 17.7 Å². The Morgan fingerprint density at radius 3 is 2.18 bits per heavy atom. The molecule has 4 rings (SSSR count). The highest BCUT2D eigenvalue weighted by Crippen LogP contribution is 2.24. The lowest BCUT2D eigenvalue weighted by atomic mass is 10.1. The SMILES string of the molecule is Nc1nc(NC(Cc2ccccc2)C(=O)O)cc(-c2ccc(OCc3ccccc3)cc2)n1. The molecule has 0 aliphatic rings. The molecule has 3 aromatic carbocycles. The van der Waals surface area contributed by atoms with E-state index in [4.69, 9.17) is 10.5 Å². The minimum atomic E-state index is -0.975. The number of ether oxygens (including phenoxy) is 1. The van der Waals surface area contributed by atoms with E-state index in [1.807, 2.05) is 84.9 Å². The first-order chi connectivity index (χ1) is 16.1. The molecule has 7 nitrogen and oxygen atoms in total. The smallest absolute Gasteiger partial charge is 0.326 e. The molecule has 1 unspecified atom stereocenters. The number of hydrogen-bond donors (Lipinski definition) is 3. The Balaban J connectivity index is 1.47. The number of nitrogen functional groups attached to an aromatic ring is 1. The van der Waals surface area contributed by atoms with Crippen molar-refractivity contribution in [3.05, 3.63) is 102 Å². The summed E-state index contributed by atoms with van der Waals surface area (Å²) in [6.07, 6.45) is 0.308. The molecule has 0 bridgehead atoms. The Bertz CT molecular complexity index is 1200.